The van der Waals surface area contributed by atoms with Crippen molar-refractivity contribution in [3.8, 4) is 0 Å². The fourth-order valence-corrected chi connectivity index (χ4v) is 3.44. The summed E-state index contributed by atoms with van der Waals surface area (Å²) in [6, 6.07) is 7.73. The van der Waals surface area contributed by atoms with Crippen LogP contribution in [0, 0.1) is 5.92 Å². The average Bonchev–Trinajstić information content (AvgIpc) is 3.00. The third kappa shape index (κ3) is 3.65. The Morgan fingerprint density at radius 1 is 1.35 bits per heavy atom. The van der Waals surface area contributed by atoms with E-state index in [0.717, 1.165) is 41.8 Å². The highest BCUT2D eigenvalue weighted by atomic mass is 35.5. The van der Waals surface area contributed by atoms with Crippen LogP contribution in [-0.4, -0.2) is 25.5 Å². The number of benzene rings is 1. The zero-order chi connectivity index (χ0) is 16.3. The van der Waals surface area contributed by atoms with Gasteiger partial charge in [-0.25, -0.2) is 9.67 Å². The molecule has 0 bridgehead atoms. The van der Waals surface area contributed by atoms with Gasteiger partial charge in [-0.05, 0) is 48.4 Å². The van der Waals surface area contributed by atoms with Crippen molar-refractivity contribution >= 4 is 17.7 Å². The molecule has 0 amide bonds. The number of halogens is 1. The van der Waals surface area contributed by atoms with E-state index in [1.54, 1.807) is 11.0 Å². The van der Waals surface area contributed by atoms with Gasteiger partial charge in [0.15, 0.2) is 0 Å². The van der Waals surface area contributed by atoms with Crippen LogP contribution < -0.4 is 0 Å². The summed E-state index contributed by atoms with van der Waals surface area (Å²) in [5.41, 5.74) is 1.24. The molecule has 1 aromatic heterocycles. The summed E-state index contributed by atoms with van der Waals surface area (Å²) >= 11 is 5.97. The van der Waals surface area contributed by atoms with Gasteiger partial charge in [0.2, 0.25) is 0 Å². The van der Waals surface area contributed by atoms with Gasteiger partial charge in [-0.15, -0.1) is 0 Å². The second-order valence-electron chi connectivity index (χ2n) is 6.39. The molecular weight excluding hydrogens is 310 g/mol. The molecule has 0 radical (unpaired) electrons. The minimum Gasteiger partial charge on any atom is -0.383 e. The Hall–Kier alpha value is -1.65. The number of nitrogens with zero attached hydrogens (tertiary/aromatic N) is 3. The summed E-state index contributed by atoms with van der Waals surface area (Å²) in [7, 11) is 0. The molecule has 1 aromatic carbocycles. The fourth-order valence-electron chi connectivity index (χ4n) is 3.31. The SMILES string of the molecule is CC1CCCCC(=Cc2ccc(Cl)cc2)C1(O)Cn1cncn1. The standard InChI is InChI=1S/C18H22ClN3O/c1-14-4-2-3-5-16(10-15-6-8-17(19)9-7-15)18(14,23)11-22-13-20-12-21-22/h6-10,12-14,23H,2-5,11H2,1H3. The van der Waals surface area contributed by atoms with Gasteiger partial charge in [-0.3, -0.25) is 0 Å². The Balaban J connectivity index is 1.97. The molecule has 2 unspecified atom stereocenters. The van der Waals surface area contributed by atoms with Crippen molar-refractivity contribution in [2.45, 2.75) is 44.8 Å². The summed E-state index contributed by atoms with van der Waals surface area (Å²) in [6.07, 6.45) is 9.43. The lowest BCUT2D eigenvalue weighted by Gasteiger charge is -2.35. The molecule has 1 saturated carbocycles. The van der Waals surface area contributed by atoms with Crippen LogP contribution >= 0.6 is 11.6 Å². The first kappa shape index (κ1) is 16.2. The van der Waals surface area contributed by atoms with Gasteiger partial charge in [0.25, 0.3) is 0 Å². The summed E-state index contributed by atoms with van der Waals surface area (Å²) in [5.74, 6) is 0.174. The molecule has 1 fully saturated rings. The Labute approximate surface area is 141 Å². The molecule has 2 aromatic rings. The Bertz CT molecular complexity index is 666. The van der Waals surface area contributed by atoms with Crippen LogP contribution in [0.2, 0.25) is 5.02 Å². The Morgan fingerprint density at radius 2 is 2.13 bits per heavy atom. The maximum Gasteiger partial charge on any atom is 0.137 e. The van der Waals surface area contributed by atoms with E-state index in [1.807, 2.05) is 24.3 Å². The molecule has 0 spiro atoms. The molecule has 2 atom stereocenters. The molecule has 5 heteroatoms. The molecular formula is C18H22ClN3O. The van der Waals surface area contributed by atoms with Crippen LogP contribution in [0.15, 0.2) is 42.5 Å². The van der Waals surface area contributed by atoms with E-state index in [9.17, 15) is 5.11 Å². The first-order chi connectivity index (χ1) is 11.1. The lowest BCUT2D eigenvalue weighted by atomic mass is 9.80. The van der Waals surface area contributed by atoms with Gasteiger partial charge in [0.05, 0.1) is 6.54 Å². The zero-order valence-corrected chi connectivity index (χ0v) is 14.1. The molecule has 1 N–H and O–H groups in total. The summed E-state index contributed by atoms with van der Waals surface area (Å²) in [4.78, 5) is 3.99. The van der Waals surface area contributed by atoms with Crippen molar-refractivity contribution in [3.63, 3.8) is 0 Å². The zero-order valence-electron chi connectivity index (χ0n) is 13.3. The number of aliphatic hydroxyl groups is 1. The average molecular weight is 332 g/mol. The molecule has 1 aliphatic rings. The van der Waals surface area contributed by atoms with Gasteiger partial charge in [-0.1, -0.05) is 43.2 Å². The predicted molar refractivity (Wildman–Crippen MR) is 92.0 cm³/mol. The van der Waals surface area contributed by atoms with Crippen LogP contribution in [-0.2, 0) is 6.54 Å². The quantitative estimate of drug-likeness (QED) is 0.866. The van der Waals surface area contributed by atoms with E-state index in [4.69, 9.17) is 11.6 Å². The normalized spacial score (nSPS) is 27.1. The van der Waals surface area contributed by atoms with Crippen molar-refractivity contribution in [1.29, 1.82) is 0 Å². The van der Waals surface area contributed by atoms with E-state index in [1.165, 1.54) is 6.33 Å². The topological polar surface area (TPSA) is 50.9 Å². The minimum atomic E-state index is -0.899. The smallest absolute Gasteiger partial charge is 0.137 e. The molecule has 1 aliphatic carbocycles. The van der Waals surface area contributed by atoms with Crippen LogP contribution in [0.4, 0.5) is 0 Å². The number of aromatic nitrogens is 3. The van der Waals surface area contributed by atoms with Gasteiger partial charge >= 0.3 is 0 Å². The highest BCUT2D eigenvalue weighted by Crippen LogP contribution is 2.38. The van der Waals surface area contributed by atoms with Gasteiger partial charge in [-0.2, -0.15) is 5.10 Å². The number of hydrogen-bond acceptors (Lipinski definition) is 3. The maximum atomic E-state index is 11.5. The van der Waals surface area contributed by atoms with E-state index in [-0.39, 0.29) is 5.92 Å². The molecule has 1 heterocycles. The van der Waals surface area contributed by atoms with Crippen LogP contribution in [0.1, 0.15) is 38.2 Å². The van der Waals surface area contributed by atoms with Crippen molar-refractivity contribution in [1.82, 2.24) is 14.8 Å². The lowest BCUT2D eigenvalue weighted by molar-refractivity contribution is 0.00404. The van der Waals surface area contributed by atoms with E-state index < -0.39 is 5.60 Å². The molecule has 3 rings (SSSR count). The van der Waals surface area contributed by atoms with E-state index in [2.05, 4.69) is 23.1 Å². The van der Waals surface area contributed by atoms with Gasteiger partial charge < -0.3 is 5.11 Å². The lowest BCUT2D eigenvalue weighted by Crippen LogP contribution is -2.42. The van der Waals surface area contributed by atoms with E-state index in [0.29, 0.717) is 6.54 Å². The van der Waals surface area contributed by atoms with Crippen molar-refractivity contribution in [2.24, 2.45) is 5.92 Å². The highest BCUT2D eigenvalue weighted by molar-refractivity contribution is 6.30. The third-order valence-corrected chi connectivity index (χ3v) is 5.04. The number of rotatable bonds is 3. The fraction of sp³-hybridized carbons (Fsp3) is 0.444. The molecule has 0 aliphatic heterocycles. The largest absolute Gasteiger partial charge is 0.383 e. The monoisotopic (exact) mass is 331 g/mol. The first-order valence-electron chi connectivity index (χ1n) is 8.09. The van der Waals surface area contributed by atoms with Crippen molar-refractivity contribution < 1.29 is 5.11 Å². The number of hydrogen-bond donors (Lipinski definition) is 1. The summed E-state index contributed by atoms with van der Waals surface area (Å²) in [6.45, 7) is 2.56. The van der Waals surface area contributed by atoms with Crippen molar-refractivity contribution in [3.05, 3.63) is 53.1 Å². The Kier molecular flexibility index (Phi) is 4.83. The van der Waals surface area contributed by atoms with Crippen molar-refractivity contribution in [2.75, 3.05) is 0 Å². The van der Waals surface area contributed by atoms with Gasteiger partial charge in [0, 0.05) is 5.02 Å². The first-order valence-corrected chi connectivity index (χ1v) is 8.47. The van der Waals surface area contributed by atoms with Crippen LogP contribution in [0.3, 0.4) is 0 Å². The maximum absolute atomic E-state index is 11.5. The minimum absolute atomic E-state index is 0.174. The molecule has 23 heavy (non-hydrogen) atoms. The second kappa shape index (κ2) is 6.85. The second-order valence-corrected chi connectivity index (χ2v) is 6.82. The Morgan fingerprint density at radius 3 is 2.83 bits per heavy atom. The summed E-state index contributed by atoms with van der Waals surface area (Å²) < 4.78 is 1.72. The van der Waals surface area contributed by atoms with E-state index >= 15 is 0 Å². The van der Waals surface area contributed by atoms with Gasteiger partial charge in [0.1, 0.15) is 18.3 Å². The van der Waals surface area contributed by atoms with Crippen LogP contribution in [0.5, 0.6) is 0 Å². The molecule has 122 valence electrons. The third-order valence-electron chi connectivity index (χ3n) is 4.79. The predicted octanol–water partition coefficient (Wildman–Crippen LogP) is 3.96. The molecule has 0 saturated heterocycles. The summed E-state index contributed by atoms with van der Waals surface area (Å²) in [5, 5.41) is 16.4. The molecule has 4 nitrogen and oxygen atoms in total. The van der Waals surface area contributed by atoms with Crippen LogP contribution in [0.25, 0.3) is 6.08 Å². The highest BCUT2D eigenvalue weighted by Gasteiger charge is 2.39.